The number of rotatable bonds is 4. The largest absolute Gasteiger partial charge is 0.487 e. The highest BCUT2D eigenvalue weighted by molar-refractivity contribution is 5.82. The number of carbonyl (C=O) groups is 1. The molecule has 2 heterocycles. The molecular formula is C21H30N4O2. The number of nitriles is 1. The van der Waals surface area contributed by atoms with Crippen LogP contribution in [0.25, 0.3) is 0 Å². The van der Waals surface area contributed by atoms with E-state index in [4.69, 9.17) is 4.74 Å². The molecule has 6 nitrogen and oxygen atoms in total. The fraction of sp³-hybridized carbons (Fsp3) is 0.619. The SMILES string of the molecule is Cc1ccc2c(c1)N(CC(=O)N1CCN([C@H](C#N)C(C)C)CC1)C[C@@H](C)O2. The number of benzene rings is 1. The van der Waals surface area contributed by atoms with Crippen molar-refractivity contribution in [3.63, 3.8) is 0 Å². The van der Waals surface area contributed by atoms with E-state index in [-0.39, 0.29) is 18.1 Å². The molecule has 146 valence electrons. The second-order valence-corrected chi connectivity index (χ2v) is 8.01. The van der Waals surface area contributed by atoms with Crippen LogP contribution < -0.4 is 9.64 Å². The third-order valence-electron chi connectivity index (χ3n) is 5.41. The Morgan fingerprint density at radius 2 is 2.00 bits per heavy atom. The van der Waals surface area contributed by atoms with Crippen LogP contribution in [0.3, 0.4) is 0 Å². The van der Waals surface area contributed by atoms with Gasteiger partial charge in [-0.1, -0.05) is 19.9 Å². The predicted octanol–water partition coefficient (Wildman–Crippen LogP) is 2.27. The fourth-order valence-corrected chi connectivity index (χ4v) is 3.95. The minimum absolute atomic E-state index is 0.0623. The van der Waals surface area contributed by atoms with Crippen LogP contribution in [0.1, 0.15) is 26.3 Å². The highest BCUT2D eigenvalue weighted by atomic mass is 16.5. The Labute approximate surface area is 162 Å². The number of carbonyl (C=O) groups excluding carboxylic acids is 1. The Kier molecular flexibility index (Phi) is 5.91. The van der Waals surface area contributed by atoms with Gasteiger partial charge in [-0.15, -0.1) is 0 Å². The van der Waals surface area contributed by atoms with Crippen LogP contribution in [-0.2, 0) is 4.79 Å². The second-order valence-electron chi connectivity index (χ2n) is 8.01. The number of anilines is 1. The van der Waals surface area contributed by atoms with Crippen molar-refractivity contribution >= 4 is 11.6 Å². The van der Waals surface area contributed by atoms with Crippen molar-refractivity contribution in [3.8, 4) is 11.8 Å². The Bertz CT molecular complexity index is 719. The van der Waals surface area contributed by atoms with Crippen LogP contribution in [0, 0.1) is 24.2 Å². The van der Waals surface area contributed by atoms with E-state index in [9.17, 15) is 10.1 Å². The molecule has 0 bridgehead atoms. The van der Waals surface area contributed by atoms with E-state index < -0.39 is 0 Å². The molecule has 0 unspecified atom stereocenters. The minimum atomic E-state index is -0.0720. The van der Waals surface area contributed by atoms with Gasteiger partial charge in [0.05, 0.1) is 24.8 Å². The Morgan fingerprint density at radius 3 is 2.63 bits per heavy atom. The van der Waals surface area contributed by atoms with Gasteiger partial charge in [-0.3, -0.25) is 9.69 Å². The van der Waals surface area contributed by atoms with E-state index in [2.05, 4.69) is 42.7 Å². The molecule has 2 atom stereocenters. The van der Waals surface area contributed by atoms with Gasteiger partial charge in [0.15, 0.2) is 0 Å². The number of nitrogens with zero attached hydrogens (tertiary/aromatic N) is 4. The lowest BCUT2D eigenvalue weighted by Crippen LogP contribution is -2.55. The van der Waals surface area contributed by atoms with E-state index in [0.717, 1.165) is 30.1 Å². The second kappa shape index (κ2) is 8.18. The highest BCUT2D eigenvalue weighted by Gasteiger charge is 2.30. The molecule has 27 heavy (non-hydrogen) atoms. The molecule has 1 saturated heterocycles. The molecule has 0 N–H and O–H groups in total. The third-order valence-corrected chi connectivity index (χ3v) is 5.41. The van der Waals surface area contributed by atoms with Gasteiger partial charge in [-0.25, -0.2) is 0 Å². The smallest absolute Gasteiger partial charge is 0.242 e. The lowest BCUT2D eigenvalue weighted by Gasteiger charge is -2.40. The first-order valence-corrected chi connectivity index (χ1v) is 9.82. The Balaban J connectivity index is 1.62. The molecule has 2 aliphatic heterocycles. The topological polar surface area (TPSA) is 59.8 Å². The summed E-state index contributed by atoms with van der Waals surface area (Å²) in [5.41, 5.74) is 2.17. The highest BCUT2D eigenvalue weighted by Crippen LogP contribution is 2.34. The summed E-state index contributed by atoms with van der Waals surface area (Å²) in [5, 5.41) is 9.39. The van der Waals surface area contributed by atoms with Gasteiger partial charge in [-0.05, 0) is 37.5 Å². The van der Waals surface area contributed by atoms with Crippen molar-refractivity contribution in [2.24, 2.45) is 5.92 Å². The van der Waals surface area contributed by atoms with Crippen molar-refractivity contribution in [1.29, 1.82) is 5.26 Å². The van der Waals surface area contributed by atoms with E-state index >= 15 is 0 Å². The number of piperazine rings is 1. The maximum Gasteiger partial charge on any atom is 0.242 e. The number of aryl methyl sites for hydroxylation is 1. The predicted molar refractivity (Wildman–Crippen MR) is 106 cm³/mol. The zero-order chi connectivity index (χ0) is 19.6. The van der Waals surface area contributed by atoms with Gasteiger partial charge in [0.1, 0.15) is 17.9 Å². The van der Waals surface area contributed by atoms with Crippen LogP contribution in [0.2, 0.25) is 0 Å². The lowest BCUT2D eigenvalue weighted by atomic mass is 10.0. The summed E-state index contributed by atoms with van der Waals surface area (Å²) in [6.45, 7) is 12.2. The normalized spacial score (nSPS) is 21.4. The quantitative estimate of drug-likeness (QED) is 0.814. The number of fused-ring (bicyclic) bond motifs is 1. The monoisotopic (exact) mass is 370 g/mol. The maximum atomic E-state index is 12.9. The van der Waals surface area contributed by atoms with Gasteiger partial charge in [0.2, 0.25) is 5.91 Å². The molecule has 0 saturated carbocycles. The van der Waals surface area contributed by atoms with Crippen molar-refractivity contribution in [1.82, 2.24) is 9.80 Å². The van der Waals surface area contributed by atoms with Crippen LogP contribution in [-0.4, -0.2) is 67.1 Å². The lowest BCUT2D eigenvalue weighted by molar-refractivity contribution is -0.131. The summed E-state index contributed by atoms with van der Waals surface area (Å²) in [5.74, 6) is 1.30. The Morgan fingerprint density at radius 1 is 1.30 bits per heavy atom. The first-order chi connectivity index (χ1) is 12.9. The zero-order valence-electron chi connectivity index (χ0n) is 16.8. The van der Waals surface area contributed by atoms with Crippen molar-refractivity contribution in [2.45, 2.75) is 39.8 Å². The molecule has 1 fully saturated rings. The third kappa shape index (κ3) is 4.36. The van der Waals surface area contributed by atoms with Gasteiger partial charge in [0.25, 0.3) is 0 Å². The fourth-order valence-electron chi connectivity index (χ4n) is 3.95. The Hall–Kier alpha value is -2.26. The molecule has 1 aromatic carbocycles. The summed E-state index contributed by atoms with van der Waals surface area (Å²) in [6, 6.07) is 8.45. The first kappa shape index (κ1) is 19.5. The molecule has 6 heteroatoms. The maximum absolute atomic E-state index is 12.9. The molecule has 0 spiro atoms. The van der Waals surface area contributed by atoms with E-state index in [1.807, 2.05) is 24.0 Å². The van der Waals surface area contributed by atoms with Crippen LogP contribution in [0.5, 0.6) is 5.75 Å². The van der Waals surface area contributed by atoms with Gasteiger partial charge < -0.3 is 14.5 Å². The van der Waals surface area contributed by atoms with Crippen LogP contribution >= 0.6 is 0 Å². The average Bonchev–Trinajstić information content (AvgIpc) is 2.63. The number of amides is 1. The van der Waals surface area contributed by atoms with Gasteiger partial charge >= 0.3 is 0 Å². The van der Waals surface area contributed by atoms with Crippen molar-refractivity contribution in [2.75, 3.05) is 44.2 Å². The number of ether oxygens (including phenoxy) is 1. The molecular weight excluding hydrogens is 340 g/mol. The average molecular weight is 370 g/mol. The first-order valence-electron chi connectivity index (χ1n) is 9.82. The molecule has 2 aliphatic rings. The molecule has 0 radical (unpaired) electrons. The summed E-state index contributed by atoms with van der Waals surface area (Å²) < 4.78 is 5.92. The molecule has 0 aliphatic carbocycles. The number of hydrogen-bond donors (Lipinski definition) is 0. The van der Waals surface area contributed by atoms with Gasteiger partial charge in [-0.2, -0.15) is 5.26 Å². The molecule has 1 amide bonds. The summed E-state index contributed by atoms with van der Waals surface area (Å²) in [7, 11) is 0. The number of hydrogen-bond acceptors (Lipinski definition) is 5. The van der Waals surface area contributed by atoms with Crippen LogP contribution in [0.4, 0.5) is 5.69 Å². The van der Waals surface area contributed by atoms with E-state index in [0.29, 0.717) is 32.1 Å². The molecule has 3 rings (SSSR count). The zero-order valence-corrected chi connectivity index (χ0v) is 16.8. The standard InChI is InChI=1S/C21H30N4O2/c1-15(2)19(12-22)23-7-9-24(10-8-23)21(26)14-25-13-17(4)27-20-6-5-16(3)11-18(20)25/h5-6,11,15,17,19H,7-10,13-14H2,1-4H3/t17-,19-/m1/s1. The summed E-state index contributed by atoms with van der Waals surface area (Å²) >= 11 is 0. The summed E-state index contributed by atoms with van der Waals surface area (Å²) in [6.07, 6.45) is 0.0623. The van der Waals surface area contributed by atoms with Crippen molar-refractivity contribution in [3.05, 3.63) is 23.8 Å². The molecule has 1 aromatic rings. The van der Waals surface area contributed by atoms with Gasteiger partial charge in [0, 0.05) is 26.2 Å². The van der Waals surface area contributed by atoms with Crippen LogP contribution in [0.15, 0.2) is 18.2 Å². The molecule has 0 aromatic heterocycles. The minimum Gasteiger partial charge on any atom is -0.487 e. The van der Waals surface area contributed by atoms with E-state index in [1.54, 1.807) is 0 Å². The summed E-state index contributed by atoms with van der Waals surface area (Å²) in [4.78, 5) is 19.2. The van der Waals surface area contributed by atoms with E-state index in [1.165, 1.54) is 0 Å². The van der Waals surface area contributed by atoms with Crippen molar-refractivity contribution < 1.29 is 9.53 Å².